The molecule has 0 radical (unpaired) electrons. The highest BCUT2D eigenvalue weighted by molar-refractivity contribution is 9.10. The van der Waals surface area contributed by atoms with Crippen molar-refractivity contribution in [2.75, 3.05) is 0 Å². The van der Waals surface area contributed by atoms with E-state index in [4.69, 9.17) is 5.84 Å². The number of rotatable bonds is 3. The summed E-state index contributed by atoms with van der Waals surface area (Å²) in [7, 11) is 0. The van der Waals surface area contributed by atoms with E-state index in [-0.39, 0.29) is 6.04 Å². The first kappa shape index (κ1) is 10.7. The van der Waals surface area contributed by atoms with Crippen molar-refractivity contribution in [3.8, 4) is 0 Å². The van der Waals surface area contributed by atoms with Gasteiger partial charge in [0, 0.05) is 27.8 Å². The molecule has 3 N–H and O–H groups in total. The van der Waals surface area contributed by atoms with Crippen LogP contribution in [0.4, 0.5) is 0 Å². The molecule has 0 aliphatic carbocycles. The number of hydrogen-bond acceptors (Lipinski definition) is 5. The van der Waals surface area contributed by atoms with Gasteiger partial charge in [-0.05, 0) is 26.9 Å². The molecule has 4 nitrogen and oxygen atoms in total. The number of halogens is 1. The van der Waals surface area contributed by atoms with Gasteiger partial charge in [0.2, 0.25) is 0 Å². The van der Waals surface area contributed by atoms with E-state index in [1.54, 1.807) is 23.7 Å². The number of aromatic nitrogens is 2. The van der Waals surface area contributed by atoms with Crippen LogP contribution in [-0.2, 0) is 0 Å². The molecule has 0 fully saturated rings. The zero-order valence-corrected chi connectivity index (χ0v) is 10.1. The molecule has 0 bridgehead atoms. The Morgan fingerprint density at radius 1 is 1.33 bits per heavy atom. The van der Waals surface area contributed by atoms with E-state index in [9.17, 15) is 0 Å². The molecule has 78 valence electrons. The van der Waals surface area contributed by atoms with Crippen molar-refractivity contribution in [3.05, 3.63) is 45.1 Å². The van der Waals surface area contributed by atoms with Crippen LogP contribution in [0.15, 0.2) is 34.0 Å². The van der Waals surface area contributed by atoms with Crippen molar-refractivity contribution in [2.45, 2.75) is 6.04 Å². The lowest BCUT2D eigenvalue weighted by Crippen LogP contribution is -2.28. The monoisotopic (exact) mass is 284 g/mol. The van der Waals surface area contributed by atoms with Crippen LogP contribution in [0.25, 0.3) is 0 Å². The summed E-state index contributed by atoms with van der Waals surface area (Å²) in [6.45, 7) is 0. The number of nitrogens with two attached hydrogens (primary N) is 1. The summed E-state index contributed by atoms with van der Waals surface area (Å²) in [4.78, 5) is 7.95. The summed E-state index contributed by atoms with van der Waals surface area (Å²) in [6.07, 6.45) is 5.00. The zero-order chi connectivity index (χ0) is 10.7. The number of nitrogens with zero attached hydrogens (tertiary/aromatic N) is 2. The lowest BCUT2D eigenvalue weighted by atomic mass is 10.1. The molecule has 2 heterocycles. The smallest absolute Gasteiger partial charge is 0.115 e. The van der Waals surface area contributed by atoms with Gasteiger partial charge in [0.1, 0.15) is 6.33 Å². The van der Waals surface area contributed by atoms with E-state index in [1.807, 2.05) is 10.8 Å². The first-order chi connectivity index (χ1) is 7.33. The van der Waals surface area contributed by atoms with Crippen LogP contribution in [0, 0.1) is 0 Å². The predicted octanol–water partition coefficient (Wildman–Crippen LogP) is 1.85. The SMILES string of the molecule is NNC(c1cncnc1)c1cscc1Br. The molecule has 0 aliphatic heterocycles. The summed E-state index contributed by atoms with van der Waals surface area (Å²) in [5.41, 5.74) is 4.80. The van der Waals surface area contributed by atoms with Crippen molar-refractivity contribution in [2.24, 2.45) is 5.84 Å². The Labute approximate surface area is 99.7 Å². The Balaban J connectivity index is 2.37. The molecule has 0 saturated heterocycles. The van der Waals surface area contributed by atoms with Gasteiger partial charge in [-0.2, -0.15) is 11.3 Å². The molecule has 2 aromatic heterocycles. The van der Waals surface area contributed by atoms with Gasteiger partial charge in [0.25, 0.3) is 0 Å². The second kappa shape index (κ2) is 4.80. The minimum atomic E-state index is -0.0770. The fourth-order valence-corrected chi connectivity index (χ4v) is 2.87. The predicted molar refractivity (Wildman–Crippen MR) is 63.2 cm³/mol. The molecule has 6 heteroatoms. The first-order valence-electron chi connectivity index (χ1n) is 4.25. The van der Waals surface area contributed by atoms with Gasteiger partial charge >= 0.3 is 0 Å². The van der Waals surface area contributed by atoms with Crippen LogP contribution in [0.3, 0.4) is 0 Å². The van der Waals surface area contributed by atoms with Gasteiger partial charge in [-0.25, -0.2) is 15.4 Å². The zero-order valence-electron chi connectivity index (χ0n) is 7.72. The lowest BCUT2D eigenvalue weighted by Gasteiger charge is -2.14. The number of hydrogen-bond donors (Lipinski definition) is 2. The normalized spacial score (nSPS) is 12.7. The molecule has 2 rings (SSSR count). The maximum atomic E-state index is 5.54. The lowest BCUT2D eigenvalue weighted by molar-refractivity contribution is 0.631. The summed E-state index contributed by atoms with van der Waals surface area (Å²) in [5, 5.41) is 4.06. The minimum absolute atomic E-state index is 0.0770. The van der Waals surface area contributed by atoms with Gasteiger partial charge < -0.3 is 0 Å². The largest absolute Gasteiger partial charge is 0.271 e. The van der Waals surface area contributed by atoms with Gasteiger partial charge in [-0.15, -0.1) is 0 Å². The Morgan fingerprint density at radius 3 is 2.60 bits per heavy atom. The van der Waals surface area contributed by atoms with Crippen LogP contribution < -0.4 is 11.3 Å². The van der Waals surface area contributed by atoms with Gasteiger partial charge in [-0.1, -0.05) is 0 Å². The number of thiophene rings is 1. The van der Waals surface area contributed by atoms with Crippen molar-refractivity contribution in [1.82, 2.24) is 15.4 Å². The summed E-state index contributed by atoms with van der Waals surface area (Å²) in [6, 6.07) is -0.0770. The second-order valence-corrected chi connectivity index (χ2v) is 4.54. The molecule has 0 aromatic carbocycles. The average molecular weight is 285 g/mol. The molecule has 0 aliphatic rings. The highest BCUT2D eigenvalue weighted by atomic mass is 79.9. The quantitative estimate of drug-likeness (QED) is 0.667. The number of nitrogens with one attached hydrogen (secondary N) is 1. The second-order valence-electron chi connectivity index (χ2n) is 2.95. The third kappa shape index (κ3) is 2.23. The molecular weight excluding hydrogens is 276 g/mol. The molecule has 15 heavy (non-hydrogen) atoms. The fourth-order valence-electron chi connectivity index (χ4n) is 1.32. The van der Waals surface area contributed by atoms with Crippen molar-refractivity contribution in [1.29, 1.82) is 0 Å². The van der Waals surface area contributed by atoms with Crippen LogP contribution in [0.5, 0.6) is 0 Å². The highest BCUT2D eigenvalue weighted by Crippen LogP contribution is 2.30. The van der Waals surface area contributed by atoms with Crippen LogP contribution in [0.2, 0.25) is 0 Å². The third-order valence-electron chi connectivity index (χ3n) is 2.03. The molecule has 2 aromatic rings. The fraction of sp³-hybridized carbons (Fsp3) is 0.111. The Morgan fingerprint density at radius 2 is 2.07 bits per heavy atom. The number of hydrazine groups is 1. The molecule has 0 saturated carbocycles. The summed E-state index contributed by atoms with van der Waals surface area (Å²) in [5.74, 6) is 5.54. The molecular formula is C9H9BrN4S. The van der Waals surface area contributed by atoms with Crippen molar-refractivity contribution in [3.63, 3.8) is 0 Å². The van der Waals surface area contributed by atoms with E-state index < -0.39 is 0 Å². The van der Waals surface area contributed by atoms with Crippen molar-refractivity contribution < 1.29 is 0 Å². The minimum Gasteiger partial charge on any atom is -0.271 e. The third-order valence-corrected chi connectivity index (χ3v) is 3.79. The van der Waals surface area contributed by atoms with Crippen LogP contribution >= 0.6 is 27.3 Å². The Hall–Kier alpha value is -0.820. The Bertz CT molecular complexity index is 431. The molecule has 0 amide bonds. The highest BCUT2D eigenvalue weighted by Gasteiger charge is 2.16. The maximum Gasteiger partial charge on any atom is 0.115 e. The summed E-state index contributed by atoms with van der Waals surface area (Å²) < 4.78 is 1.04. The van der Waals surface area contributed by atoms with E-state index in [1.165, 1.54) is 6.33 Å². The van der Waals surface area contributed by atoms with Gasteiger partial charge in [-0.3, -0.25) is 5.84 Å². The maximum absolute atomic E-state index is 5.54. The van der Waals surface area contributed by atoms with Crippen LogP contribution in [-0.4, -0.2) is 9.97 Å². The van der Waals surface area contributed by atoms with Crippen LogP contribution in [0.1, 0.15) is 17.2 Å². The van der Waals surface area contributed by atoms with E-state index in [0.717, 1.165) is 15.6 Å². The first-order valence-corrected chi connectivity index (χ1v) is 5.99. The Kier molecular flexibility index (Phi) is 3.42. The molecule has 1 atom stereocenters. The topological polar surface area (TPSA) is 63.8 Å². The molecule has 1 unspecified atom stereocenters. The standard InChI is InChI=1S/C9H9BrN4S/c10-8-4-15-3-7(8)9(14-11)6-1-12-5-13-2-6/h1-5,9,14H,11H2. The van der Waals surface area contributed by atoms with Gasteiger partial charge in [0.15, 0.2) is 0 Å². The van der Waals surface area contributed by atoms with Gasteiger partial charge in [0.05, 0.1) is 6.04 Å². The average Bonchev–Trinajstić information content (AvgIpc) is 2.68. The van der Waals surface area contributed by atoms with E-state index >= 15 is 0 Å². The molecule has 0 spiro atoms. The summed E-state index contributed by atoms with van der Waals surface area (Å²) >= 11 is 5.10. The van der Waals surface area contributed by atoms with E-state index in [2.05, 4.69) is 31.3 Å². The van der Waals surface area contributed by atoms with E-state index in [0.29, 0.717) is 0 Å². The van der Waals surface area contributed by atoms with Crippen molar-refractivity contribution >= 4 is 27.3 Å².